The van der Waals surface area contributed by atoms with E-state index < -0.39 is 0 Å². The fourth-order valence-electron chi connectivity index (χ4n) is 1.24. The maximum Gasteiger partial charge on any atom is 0.250 e. The number of hydrogen-bond donors (Lipinski definition) is 1. The van der Waals surface area contributed by atoms with Crippen molar-refractivity contribution in [3.63, 3.8) is 0 Å². The van der Waals surface area contributed by atoms with E-state index in [0.717, 1.165) is 12.1 Å². The van der Waals surface area contributed by atoms with E-state index in [9.17, 15) is 4.79 Å². The average molecular weight is 180 g/mol. The van der Waals surface area contributed by atoms with Gasteiger partial charge in [-0.3, -0.25) is 4.79 Å². The van der Waals surface area contributed by atoms with Crippen molar-refractivity contribution in [1.82, 2.24) is 4.57 Å². The third-order valence-electron chi connectivity index (χ3n) is 1.84. The molecule has 0 saturated heterocycles. The van der Waals surface area contributed by atoms with Crippen LogP contribution in [0, 0.1) is 5.92 Å². The van der Waals surface area contributed by atoms with Crippen molar-refractivity contribution < 1.29 is 0 Å². The predicted octanol–water partition coefficient (Wildman–Crippen LogP) is 0.963. The molecule has 3 nitrogen and oxygen atoms in total. The topological polar surface area (TPSA) is 48.0 Å². The van der Waals surface area contributed by atoms with Crippen molar-refractivity contribution in [1.29, 1.82) is 0 Å². The summed E-state index contributed by atoms with van der Waals surface area (Å²) in [6.07, 6.45) is 1.84. The minimum Gasteiger partial charge on any atom is -0.326 e. The van der Waals surface area contributed by atoms with Gasteiger partial charge in [-0.25, -0.2) is 0 Å². The second kappa shape index (κ2) is 4.23. The fraction of sp³-hybridized carbons (Fsp3) is 0.500. The van der Waals surface area contributed by atoms with E-state index in [2.05, 4.69) is 13.8 Å². The molecule has 0 radical (unpaired) electrons. The summed E-state index contributed by atoms with van der Waals surface area (Å²) in [6.45, 7) is 5.41. The van der Waals surface area contributed by atoms with Crippen molar-refractivity contribution in [2.45, 2.75) is 26.9 Å². The first kappa shape index (κ1) is 9.99. The van der Waals surface area contributed by atoms with Gasteiger partial charge < -0.3 is 10.3 Å². The van der Waals surface area contributed by atoms with Gasteiger partial charge >= 0.3 is 0 Å². The van der Waals surface area contributed by atoms with Gasteiger partial charge in [-0.15, -0.1) is 0 Å². The Balaban J connectivity index is 2.97. The van der Waals surface area contributed by atoms with Crippen LogP contribution in [0.1, 0.15) is 19.4 Å². The summed E-state index contributed by atoms with van der Waals surface area (Å²) in [5.74, 6) is 0.478. The molecule has 0 bridgehead atoms. The van der Waals surface area contributed by atoms with Crippen molar-refractivity contribution in [3.8, 4) is 0 Å². The first-order chi connectivity index (χ1) is 6.13. The molecule has 0 amide bonds. The number of pyridine rings is 1. The molecule has 0 unspecified atom stereocenters. The molecular weight excluding hydrogens is 164 g/mol. The molecule has 0 aliphatic heterocycles. The van der Waals surface area contributed by atoms with Gasteiger partial charge in [-0.1, -0.05) is 19.9 Å². The Morgan fingerprint density at radius 2 is 2.15 bits per heavy atom. The number of nitrogens with two attached hydrogens (primary N) is 1. The van der Waals surface area contributed by atoms with Gasteiger partial charge in [0.05, 0.1) is 0 Å². The molecule has 13 heavy (non-hydrogen) atoms. The molecule has 0 atom stereocenters. The van der Waals surface area contributed by atoms with Crippen LogP contribution in [0.2, 0.25) is 0 Å². The predicted molar refractivity (Wildman–Crippen MR) is 53.4 cm³/mol. The maximum atomic E-state index is 11.3. The summed E-state index contributed by atoms with van der Waals surface area (Å²) in [4.78, 5) is 11.3. The van der Waals surface area contributed by atoms with E-state index in [1.165, 1.54) is 0 Å². The van der Waals surface area contributed by atoms with Crippen LogP contribution in [-0.4, -0.2) is 4.57 Å². The Kier molecular flexibility index (Phi) is 3.25. The molecule has 1 aromatic heterocycles. The van der Waals surface area contributed by atoms with Gasteiger partial charge in [0, 0.05) is 25.4 Å². The quantitative estimate of drug-likeness (QED) is 0.753. The molecule has 1 rings (SSSR count). The molecule has 2 N–H and O–H groups in total. The Morgan fingerprint density at radius 1 is 1.46 bits per heavy atom. The van der Waals surface area contributed by atoms with Crippen molar-refractivity contribution >= 4 is 0 Å². The summed E-state index contributed by atoms with van der Waals surface area (Å²) < 4.78 is 1.72. The normalized spacial score (nSPS) is 10.8. The monoisotopic (exact) mass is 180 g/mol. The molecule has 0 fully saturated rings. The van der Waals surface area contributed by atoms with Crippen LogP contribution in [0.5, 0.6) is 0 Å². The van der Waals surface area contributed by atoms with Gasteiger partial charge in [-0.05, 0) is 11.5 Å². The maximum absolute atomic E-state index is 11.3. The van der Waals surface area contributed by atoms with Gasteiger partial charge in [0.2, 0.25) is 0 Å². The van der Waals surface area contributed by atoms with Crippen molar-refractivity contribution in [2.24, 2.45) is 11.7 Å². The first-order valence-electron chi connectivity index (χ1n) is 4.53. The summed E-state index contributed by atoms with van der Waals surface area (Å²) in [5, 5.41) is 0. The smallest absolute Gasteiger partial charge is 0.250 e. The van der Waals surface area contributed by atoms with Crippen LogP contribution in [0.4, 0.5) is 0 Å². The van der Waals surface area contributed by atoms with Crippen molar-refractivity contribution in [2.75, 3.05) is 0 Å². The van der Waals surface area contributed by atoms with Crippen molar-refractivity contribution in [3.05, 3.63) is 34.2 Å². The van der Waals surface area contributed by atoms with Gasteiger partial charge in [0.15, 0.2) is 0 Å². The Bertz CT molecular complexity index is 328. The zero-order valence-corrected chi connectivity index (χ0v) is 8.16. The van der Waals surface area contributed by atoms with E-state index in [1.54, 1.807) is 16.7 Å². The van der Waals surface area contributed by atoms with Crippen LogP contribution in [0.3, 0.4) is 0 Å². The van der Waals surface area contributed by atoms with Crippen LogP contribution in [0.15, 0.2) is 23.1 Å². The molecule has 0 aliphatic rings. The Morgan fingerprint density at radius 3 is 2.69 bits per heavy atom. The molecule has 0 aromatic carbocycles. The third kappa shape index (κ3) is 2.70. The lowest BCUT2D eigenvalue weighted by Gasteiger charge is -2.09. The van der Waals surface area contributed by atoms with E-state index in [1.807, 2.05) is 6.20 Å². The highest BCUT2D eigenvalue weighted by Gasteiger charge is 1.99. The molecule has 3 heteroatoms. The molecule has 1 aromatic rings. The van der Waals surface area contributed by atoms with E-state index >= 15 is 0 Å². The summed E-state index contributed by atoms with van der Waals surface area (Å²) >= 11 is 0. The highest BCUT2D eigenvalue weighted by atomic mass is 16.1. The third-order valence-corrected chi connectivity index (χ3v) is 1.84. The highest BCUT2D eigenvalue weighted by Crippen LogP contribution is 1.98. The molecule has 0 aliphatic carbocycles. The number of nitrogens with zero attached hydrogens (tertiary/aromatic N) is 1. The SMILES string of the molecule is CC(C)Cn1cc(CN)ccc1=O. The van der Waals surface area contributed by atoms with Crippen LogP contribution in [-0.2, 0) is 13.1 Å². The van der Waals surface area contributed by atoms with Gasteiger partial charge in [-0.2, -0.15) is 0 Å². The largest absolute Gasteiger partial charge is 0.326 e. The summed E-state index contributed by atoms with van der Waals surface area (Å²) in [5.41, 5.74) is 6.53. The zero-order valence-electron chi connectivity index (χ0n) is 8.16. The standard InChI is InChI=1S/C10H16N2O/c1-8(2)6-12-7-9(5-11)3-4-10(12)13/h3-4,7-8H,5-6,11H2,1-2H3. The van der Waals surface area contributed by atoms with E-state index in [-0.39, 0.29) is 5.56 Å². The van der Waals surface area contributed by atoms with Gasteiger partial charge in [0.25, 0.3) is 5.56 Å². The number of aromatic nitrogens is 1. The van der Waals surface area contributed by atoms with Gasteiger partial charge in [0.1, 0.15) is 0 Å². The van der Waals surface area contributed by atoms with E-state index in [4.69, 9.17) is 5.73 Å². The number of hydrogen-bond acceptors (Lipinski definition) is 2. The first-order valence-corrected chi connectivity index (χ1v) is 4.53. The highest BCUT2D eigenvalue weighted by molar-refractivity contribution is 5.09. The molecule has 1 heterocycles. The minimum atomic E-state index is 0.0471. The molecule has 72 valence electrons. The Labute approximate surface area is 78.2 Å². The molecular formula is C10H16N2O. The van der Waals surface area contributed by atoms with E-state index in [0.29, 0.717) is 12.5 Å². The Hall–Kier alpha value is -1.09. The molecule has 0 spiro atoms. The zero-order chi connectivity index (χ0) is 9.84. The minimum absolute atomic E-state index is 0.0471. The lowest BCUT2D eigenvalue weighted by Crippen LogP contribution is -2.22. The second-order valence-corrected chi connectivity index (χ2v) is 3.63. The van der Waals surface area contributed by atoms with Crippen LogP contribution < -0.4 is 11.3 Å². The second-order valence-electron chi connectivity index (χ2n) is 3.63. The number of rotatable bonds is 3. The fourth-order valence-corrected chi connectivity index (χ4v) is 1.24. The lowest BCUT2D eigenvalue weighted by molar-refractivity contribution is 0.509. The summed E-state index contributed by atoms with van der Waals surface area (Å²) in [6, 6.07) is 3.35. The van der Waals surface area contributed by atoms with Crippen LogP contribution >= 0.6 is 0 Å². The summed E-state index contributed by atoms with van der Waals surface area (Å²) in [7, 11) is 0. The lowest BCUT2D eigenvalue weighted by atomic mass is 10.2. The van der Waals surface area contributed by atoms with Crippen LogP contribution in [0.25, 0.3) is 0 Å². The average Bonchev–Trinajstić information content (AvgIpc) is 2.08. The molecule has 0 saturated carbocycles.